The van der Waals surface area contributed by atoms with Gasteiger partial charge in [0.05, 0.1) is 42.4 Å². The number of benzene rings is 1. The average Bonchev–Trinajstić information content (AvgIpc) is 3.70. The number of halogens is 1. The van der Waals surface area contributed by atoms with Gasteiger partial charge in [0, 0.05) is 44.5 Å². The zero-order chi connectivity index (χ0) is 32.3. The van der Waals surface area contributed by atoms with Gasteiger partial charge in [0.25, 0.3) is 0 Å². The Morgan fingerprint density at radius 1 is 1.13 bits per heavy atom. The van der Waals surface area contributed by atoms with Crippen LogP contribution in [0.5, 0.6) is 0 Å². The number of nitrogens with zero attached hydrogens (tertiary/aromatic N) is 6. The number of aromatic nitrogens is 4. The van der Waals surface area contributed by atoms with Crippen molar-refractivity contribution >= 4 is 17.6 Å². The maximum atomic E-state index is 14.1. The number of piperazine rings is 1. The summed E-state index contributed by atoms with van der Waals surface area (Å²) in [6.45, 7) is 10.8. The summed E-state index contributed by atoms with van der Waals surface area (Å²) in [6, 6.07) is 15.1. The molecule has 12 heteroatoms. The van der Waals surface area contributed by atoms with Gasteiger partial charge in [0.2, 0.25) is 0 Å². The highest BCUT2D eigenvalue weighted by atomic mass is 19.1. The van der Waals surface area contributed by atoms with E-state index >= 15 is 0 Å². The van der Waals surface area contributed by atoms with E-state index in [0.29, 0.717) is 13.2 Å². The Morgan fingerprint density at radius 3 is 2.80 bits per heavy atom. The average molecular weight is 631 g/mol. The molecular formula is C34H43FN8O3. The van der Waals surface area contributed by atoms with Crippen LogP contribution in [-0.2, 0) is 9.47 Å². The highest BCUT2D eigenvalue weighted by molar-refractivity contribution is 5.65. The van der Waals surface area contributed by atoms with E-state index in [2.05, 4.69) is 46.9 Å². The number of hydrogen-bond acceptors (Lipinski definition) is 9. The number of primary amides is 1. The van der Waals surface area contributed by atoms with Gasteiger partial charge in [-0.15, -0.1) is 5.10 Å². The highest BCUT2D eigenvalue weighted by Crippen LogP contribution is 2.36. The monoisotopic (exact) mass is 630 g/mol. The van der Waals surface area contributed by atoms with Crippen LogP contribution < -0.4 is 16.0 Å². The van der Waals surface area contributed by atoms with Gasteiger partial charge in [-0.25, -0.2) is 18.7 Å². The molecule has 6 rings (SSSR count). The van der Waals surface area contributed by atoms with E-state index in [4.69, 9.17) is 25.3 Å². The van der Waals surface area contributed by atoms with Gasteiger partial charge in [-0.3, -0.25) is 9.88 Å². The summed E-state index contributed by atoms with van der Waals surface area (Å²) in [5.74, 6) is 0.617. The van der Waals surface area contributed by atoms with Crippen molar-refractivity contribution in [3.8, 4) is 11.3 Å². The molecule has 0 bridgehead atoms. The first-order chi connectivity index (χ1) is 22.2. The second kappa shape index (κ2) is 13.7. The Bertz CT molecular complexity index is 1660. The number of fused-ring (bicyclic) bond motifs is 1. The Morgan fingerprint density at radius 2 is 2.00 bits per heavy atom. The van der Waals surface area contributed by atoms with Crippen LogP contribution in [0.25, 0.3) is 16.9 Å². The van der Waals surface area contributed by atoms with E-state index in [1.807, 2.05) is 41.2 Å². The van der Waals surface area contributed by atoms with Gasteiger partial charge in [0.1, 0.15) is 18.2 Å². The largest absolute Gasteiger partial charge is 0.447 e. The van der Waals surface area contributed by atoms with Crippen molar-refractivity contribution in [3.05, 3.63) is 78.0 Å². The molecule has 0 radical (unpaired) electrons. The van der Waals surface area contributed by atoms with Gasteiger partial charge >= 0.3 is 6.09 Å². The summed E-state index contributed by atoms with van der Waals surface area (Å²) in [7, 11) is 0. The molecule has 1 amide bonds. The van der Waals surface area contributed by atoms with Crippen molar-refractivity contribution in [3.63, 3.8) is 0 Å². The van der Waals surface area contributed by atoms with Gasteiger partial charge in [0.15, 0.2) is 5.65 Å². The Balaban J connectivity index is 1.20. The maximum Gasteiger partial charge on any atom is 0.404 e. The molecule has 0 aliphatic carbocycles. The minimum atomic E-state index is -0.799. The summed E-state index contributed by atoms with van der Waals surface area (Å²) in [6.07, 6.45) is 4.58. The van der Waals surface area contributed by atoms with Gasteiger partial charge in [-0.2, -0.15) is 0 Å². The van der Waals surface area contributed by atoms with Crippen LogP contribution in [-0.4, -0.2) is 82.6 Å². The molecule has 0 saturated carbocycles. The van der Waals surface area contributed by atoms with Crippen LogP contribution in [0.2, 0.25) is 0 Å². The van der Waals surface area contributed by atoms with Crippen LogP contribution in [0, 0.1) is 11.2 Å². The number of amides is 1. The number of ether oxygens (including phenoxy) is 2. The zero-order valence-electron chi connectivity index (χ0n) is 26.7. The van der Waals surface area contributed by atoms with E-state index in [0.717, 1.165) is 73.0 Å². The molecule has 2 saturated heterocycles. The lowest BCUT2D eigenvalue weighted by Gasteiger charge is -2.37. The predicted molar refractivity (Wildman–Crippen MR) is 174 cm³/mol. The van der Waals surface area contributed by atoms with Crippen LogP contribution in [0.4, 0.5) is 15.0 Å². The normalized spacial score (nSPS) is 19.9. The Hall–Kier alpha value is -4.13. The van der Waals surface area contributed by atoms with Crippen molar-refractivity contribution in [2.75, 3.05) is 50.8 Å². The molecule has 4 aromatic rings. The van der Waals surface area contributed by atoms with Gasteiger partial charge < -0.3 is 25.4 Å². The van der Waals surface area contributed by atoms with Crippen molar-refractivity contribution in [1.82, 2.24) is 29.8 Å². The van der Waals surface area contributed by atoms with E-state index in [9.17, 15) is 9.18 Å². The fourth-order valence-electron chi connectivity index (χ4n) is 6.43. The lowest BCUT2D eigenvalue weighted by Crippen LogP contribution is -2.48. The first-order valence-electron chi connectivity index (χ1n) is 16.0. The molecule has 244 valence electrons. The lowest BCUT2D eigenvalue weighted by atomic mass is 9.89. The molecule has 3 atom stereocenters. The molecule has 2 aliphatic heterocycles. The standard InChI is InChI=1S/C34H43FN8O3/c1-34(2,3)30(22-46-33(36)44)45-17-16-41-15-13-37-20-29(41)26-19-24(11-12-38-26)28-21-39-31-9-10-32(40-43(28)31)42-14-5-8-27(42)23-6-4-7-25(35)18-23/h4,6-7,9-12,18-19,21,27,29-30,37H,5,8,13-17,20,22H2,1-3H3,(H2,36,44)/t27?,29?,30-/m1/s1. The first-order valence-corrected chi connectivity index (χ1v) is 16.0. The highest BCUT2D eigenvalue weighted by Gasteiger charge is 2.30. The third-order valence-corrected chi connectivity index (χ3v) is 8.94. The third kappa shape index (κ3) is 7.14. The van der Waals surface area contributed by atoms with E-state index in [1.54, 1.807) is 12.1 Å². The van der Waals surface area contributed by atoms with Gasteiger partial charge in [-0.05, 0) is 60.2 Å². The van der Waals surface area contributed by atoms with Crippen molar-refractivity contribution in [1.29, 1.82) is 0 Å². The summed E-state index contributed by atoms with van der Waals surface area (Å²) in [5.41, 5.74) is 9.50. The topological polar surface area (TPSA) is 123 Å². The molecule has 2 unspecified atom stereocenters. The molecule has 46 heavy (non-hydrogen) atoms. The summed E-state index contributed by atoms with van der Waals surface area (Å²) < 4.78 is 27.2. The van der Waals surface area contributed by atoms with Gasteiger partial charge in [-0.1, -0.05) is 32.9 Å². The number of nitrogens with one attached hydrogen (secondary N) is 1. The molecule has 2 aliphatic rings. The maximum absolute atomic E-state index is 14.1. The molecular weight excluding hydrogens is 587 g/mol. The predicted octanol–water partition coefficient (Wildman–Crippen LogP) is 4.74. The lowest BCUT2D eigenvalue weighted by molar-refractivity contribution is -0.0602. The first kappa shape index (κ1) is 31.8. The van der Waals surface area contributed by atoms with E-state index < -0.39 is 6.09 Å². The fourth-order valence-corrected chi connectivity index (χ4v) is 6.43. The molecule has 3 aromatic heterocycles. The second-order valence-corrected chi connectivity index (χ2v) is 13.1. The molecule has 2 fully saturated rings. The number of rotatable bonds is 10. The number of anilines is 1. The summed E-state index contributed by atoms with van der Waals surface area (Å²) in [5, 5.41) is 8.55. The number of hydrogen-bond donors (Lipinski definition) is 2. The fraction of sp³-hybridized carbons (Fsp3) is 0.471. The van der Waals surface area contributed by atoms with E-state index in [1.165, 1.54) is 6.07 Å². The number of carbonyl (C=O) groups is 1. The molecule has 3 N–H and O–H groups in total. The molecule has 1 aromatic carbocycles. The van der Waals surface area contributed by atoms with Crippen LogP contribution >= 0.6 is 0 Å². The van der Waals surface area contributed by atoms with Crippen LogP contribution in [0.1, 0.15) is 57.0 Å². The number of imidazole rings is 1. The molecule has 5 heterocycles. The Kier molecular flexibility index (Phi) is 9.48. The number of nitrogens with two attached hydrogens (primary N) is 1. The molecule has 11 nitrogen and oxygen atoms in total. The summed E-state index contributed by atoms with van der Waals surface area (Å²) >= 11 is 0. The van der Waals surface area contributed by atoms with E-state index in [-0.39, 0.29) is 36.0 Å². The SMILES string of the molecule is CC(C)(C)[C@@H](COC(N)=O)OCCN1CCNCC1c1cc(-c2cnc3ccc(N4CCCC4c4cccc(F)c4)nn23)ccn1. The number of carbonyl (C=O) groups excluding carboxylic acids is 1. The van der Waals surface area contributed by atoms with Crippen LogP contribution in [0.3, 0.4) is 0 Å². The third-order valence-electron chi connectivity index (χ3n) is 8.94. The minimum Gasteiger partial charge on any atom is -0.447 e. The van der Waals surface area contributed by atoms with Crippen molar-refractivity contribution in [2.45, 2.75) is 51.8 Å². The quantitative estimate of drug-likeness (QED) is 0.256. The minimum absolute atomic E-state index is 0.0478. The second-order valence-electron chi connectivity index (χ2n) is 13.1. The number of pyridine rings is 1. The smallest absolute Gasteiger partial charge is 0.404 e. The summed E-state index contributed by atoms with van der Waals surface area (Å²) in [4.78, 5) is 25.3. The van der Waals surface area contributed by atoms with Crippen LogP contribution in [0.15, 0.2) is 60.9 Å². The van der Waals surface area contributed by atoms with Crippen molar-refractivity contribution < 1.29 is 18.7 Å². The van der Waals surface area contributed by atoms with Crippen molar-refractivity contribution in [2.24, 2.45) is 11.1 Å². The zero-order valence-corrected chi connectivity index (χ0v) is 26.7. The Labute approximate surface area is 268 Å². The molecule has 0 spiro atoms.